The second kappa shape index (κ2) is 3.54. The van der Waals surface area contributed by atoms with Gasteiger partial charge in [0.15, 0.2) is 0 Å². The third kappa shape index (κ3) is 1.62. The van der Waals surface area contributed by atoms with Gasteiger partial charge in [-0.2, -0.15) is 5.26 Å². The fraction of sp³-hybridized carbons (Fsp3) is 0.400. The summed E-state index contributed by atoms with van der Waals surface area (Å²) in [5, 5.41) is 8.68. The van der Waals surface area contributed by atoms with E-state index < -0.39 is 0 Å². The van der Waals surface area contributed by atoms with Crippen molar-refractivity contribution in [2.75, 3.05) is 6.54 Å². The van der Waals surface area contributed by atoms with Crippen LogP contribution in [0.5, 0.6) is 0 Å². The third-order valence-electron chi connectivity index (χ3n) is 2.35. The topological polar surface area (TPSA) is 57.2 Å². The summed E-state index contributed by atoms with van der Waals surface area (Å²) < 4.78 is 4.91. The molecule has 0 N–H and O–H groups in total. The lowest BCUT2D eigenvalue weighted by atomic mass is 10.1. The van der Waals surface area contributed by atoms with Crippen molar-refractivity contribution in [1.29, 1.82) is 5.26 Å². The molecular formula is C10H10N2O2. The van der Waals surface area contributed by atoms with Crippen molar-refractivity contribution >= 4 is 5.91 Å². The number of hydrogen-bond acceptors (Lipinski definition) is 3. The Morgan fingerprint density at radius 1 is 1.71 bits per heavy atom. The van der Waals surface area contributed by atoms with Crippen molar-refractivity contribution in [3.63, 3.8) is 0 Å². The van der Waals surface area contributed by atoms with E-state index in [4.69, 9.17) is 9.68 Å². The summed E-state index contributed by atoms with van der Waals surface area (Å²) in [5.74, 6) is -0.0906. The van der Waals surface area contributed by atoms with Crippen LogP contribution in [0.3, 0.4) is 0 Å². The maximum Gasteiger partial charge on any atom is 0.224 e. The summed E-state index contributed by atoms with van der Waals surface area (Å²) in [6, 6.07) is 3.94. The highest BCUT2D eigenvalue weighted by Crippen LogP contribution is 2.19. The minimum Gasteiger partial charge on any atom is -0.472 e. The summed E-state index contributed by atoms with van der Waals surface area (Å²) >= 11 is 0. The molecule has 0 aromatic carbocycles. The van der Waals surface area contributed by atoms with Crippen LogP contribution in [0, 0.1) is 17.2 Å². The van der Waals surface area contributed by atoms with E-state index >= 15 is 0 Å². The fourth-order valence-electron chi connectivity index (χ4n) is 1.61. The van der Waals surface area contributed by atoms with Gasteiger partial charge >= 0.3 is 0 Å². The molecule has 4 heteroatoms. The second-order valence-electron chi connectivity index (χ2n) is 3.44. The van der Waals surface area contributed by atoms with Crippen molar-refractivity contribution in [2.24, 2.45) is 5.92 Å². The second-order valence-corrected chi connectivity index (χ2v) is 3.44. The van der Waals surface area contributed by atoms with Gasteiger partial charge in [-0.05, 0) is 6.07 Å². The molecule has 2 rings (SSSR count). The Balaban J connectivity index is 2.00. The first-order valence-corrected chi connectivity index (χ1v) is 4.48. The Labute approximate surface area is 81.7 Å². The van der Waals surface area contributed by atoms with Gasteiger partial charge < -0.3 is 9.32 Å². The molecule has 0 spiro atoms. The van der Waals surface area contributed by atoms with Crippen molar-refractivity contribution in [2.45, 2.75) is 13.0 Å². The van der Waals surface area contributed by atoms with Crippen LogP contribution < -0.4 is 0 Å². The van der Waals surface area contributed by atoms with Crippen LogP contribution in [-0.2, 0) is 11.3 Å². The van der Waals surface area contributed by atoms with Crippen LogP contribution in [0.25, 0.3) is 0 Å². The summed E-state index contributed by atoms with van der Waals surface area (Å²) in [6.45, 7) is 1.09. The van der Waals surface area contributed by atoms with Crippen molar-refractivity contribution in [1.82, 2.24) is 4.90 Å². The maximum absolute atomic E-state index is 11.4. The van der Waals surface area contributed by atoms with E-state index in [1.807, 2.05) is 6.07 Å². The average molecular weight is 190 g/mol. The zero-order valence-corrected chi connectivity index (χ0v) is 7.64. The smallest absolute Gasteiger partial charge is 0.224 e. The molecule has 1 aromatic heterocycles. The lowest BCUT2D eigenvalue weighted by molar-refractivity contribution is -0.128. The van der Waals surface area contributed by atoms with Crippen LogP contribution in [-0.4, -0.2) is 17.4 Å². The molecule has 1 aromatic rings. The lowest BCUT2D eigenvalue weighted by Gasteiger charge is -2.13. The van der Waals surface area contributed by atoms with Gasteiger partial charge in [0.1, 0.15) is 0 Å². The Morgan fingerprint density at radius 2 is 2.57 bits per heavy atom. The molecule has 0 radical (unpaired) electrons. The van der Waals surface area contributed by atoms with Gasteiger partial charge in [0.25, 0.3) is 0 Å². The fourth-order valence-corrected chi connectivity index (χ4v) is 1.61. The molecule has 1 saturated heterocycles. The van der Waals surface area contributed by atoms with Gasteiger partial charge in [-0.3, -0.25) is 4.79 Å². The van der Waals surface area contributed by atoms with Crippen LogP contribution in [0.15, 0.2) is 23.0 Å². The summed E-state index contributed by atoms with van der Waals surface area (Å²) in [4.78, 5) is 13.1. The summed E-state index contributed by atoms with van der Waals surface area (Å²) in [5.41, 5.74) is 0.969. The minimum atomic E-state index is -0.144. The number of hydrogen-bond donors (Lipinski definition) is 0. The Hall–Kier alpha value is -1.76. The maximum atomic E-state index is 11.4. The summed E-state index contributed by atoms with van der Waals surface area (Å²) in [7, 11) is 0. The van der Waals surface area contributed by atoms with Gasteiger partial charge in [-0.25, -0.2) is 0 Å². The van der Waals surface area contributed by atoms with E-state index in [0.29, 0.717) is 19.5 Å². The van der Waals surface area contributed by atoms with Crippen LogP contribution in [0.2, 0.25) is 0 Å². The van der Waals surface area contributed by atoms with Crippen LogP contribution >= 0.6 is 0 Å². The molecule has 0 aliphatic carbocycles. The standard InChI is InChI=1S/C10H10N2O2/c11-4-9-3-10(13)12(6-9)5-8-1-2-14-7-8/h1-2,7,9H,3,5-6H2. The van der Waals surface area contributed by atoms with E-state index in [2.05, 4.69) is 6.07 Å². The van der Waals surface area contributed by atoms with E-state index in [1.165, 1.54) is 0 Å². The van der Waals surface area contributed by atoms with E-state index in [9.17, 15) is 4.79 Å². The van der Waals surface area contributed by atoms with Crippen molar-refractivity contribution in [3.05, 3.63) is 24.2 Å². The third-order valence-corrected chi connectivity index (χ3v) is 2.35. The number of carbonyl (C=O) groups excluding carboxylic acids is 1. The highest BCUT2D eigenvalue weighted by molar-refractivity contribution is 5.79. The highest BCUT2D eigenvalue weighted by Gasteiger charge is 2.29. The first-order valence-electron chi connectivity index (χ1n) is 4.48. The Kier molecular flexibility index (Phi) is 2.23. The molecule has 72 valence electrons. The zero-order chi connectivity index (χ0) is 9.97. The molecule has 2 heterocycles. The molecule has 0 bridgehead atoms. The number of nitriles is 1. The highest BCUT2D eigenvalue weighted by atomic mass is 16.3. The van der Waals surface area contributed by atoms with Gasteiger partial charge in [0.2, 0.25) is 5.91 Å². The molecular weight excluding hydrogens is 180 g/mol. The number of amides is 1. The number of carbonyl (C=O) groups is 1. The minimum absolute atomic E-state index is 0.0535. The number of rotatable bonds is 2. The Morgan fingerprint density at radius 3 is 3.14 bits per heavy atom. The quantitative estimate of drug-likeness (QED) is 0.702. The Bertz CT molecular complexity index is 364. The van der Waals surface area contributed by atoms with E-state index in [0.717, 1.165) is 5.56 Å². The number of nitrogens with zero attached hydrogens (tertiary/aromatic N) is 2. The first kappa shape index (κ1) is 8.82. The SMILES string of the molecule is N#CC1CC(=O)N(Cc2ccoc2)C1. The van der Waals surface area contributed by atoms with E-state index in [-0.39, 0.29) is 11.8 Å². The number of likely N-dealkylation sites (tertiary alicyclic amines) is 1. The van der Waals surface area contributed by atoms with Crippen molar-refractivity contribution < 1.29 is 9.21 Å². The lowest BCUT2D eigenvalue weighted by Crippen LogP contribution is -2.24. The predicted molar refractivity (Wildman–Crippen MR) is 47.8 cm³/mol. The molecule has 1 aliphatic rings. The monoisotopic (exact) mass is 190 g/mol. The van der Waals surface area contributed by atoms with Crippen LogP contribution in [0.1, 0.15) is 12.0 Å². The van der Waals surface area contributed by atoms with Gasteiger partial charge in [0.05, 0.1) is 24.5 Å². The molecule has 1 amide bonds. The van der Waals surface area contributed by atoms with E-state index in [1.54, 1.807) is 17.4 Å². The largest absolute Gasteiger partial charge is 0.472 e. The molecule has 1 fully saturated rings. The van der Waals surface area contributed by atoms with Gasteiger partial charge in [-0.15, -0.1) is 0 Å². The molecule has 4 nitrogen and oxygen atoms in total. The predicted octanol–water partition coefficient (Wildman–Crippen LogP) is 1.15. The summed E-state index contributed by atoms with van der Waals surface area (Å²) in [6.07, 6.45) is 3.55. The van der Waals surface area contributed by atoms with Crippen LogP contribution in [0.4, 0.5) is 0 Å². The van der Waals surface area contributed by atoms with Crippen molar-refractivity contribution in [3.8, 4) is 6.07 Å². The molecule has 14 heavy (non-hydrogen) atoms. The van der Waals surface area contributed by atoms with Gasteiger partial charge in [-0.1, -0.05) is 0 Å². The number of furan rings is 1. The zero-order valence-electron chi connectivity index (χ0n) is 7.64. The molecule has 1 unspecified atom stereocenters. The van der Waals surface area contributed by atoms with Gasteiger partial charge in [0, 0.05) is 25.1 Å². The average Bonchev–Trinajstić information content (AvgIpc) is 2.78. The molecule has 1 atom stereocenters. The normalized spacial score (nSPS) is 21.2. The molecule has 1 aliphatic heterocycles. The first-order chi connectivity index (χ1) is 6.79. The molecule has 0 saturated carbocycles.